The molecule has 1 heterocycles. The van der Waals surface area contributed by atoms with E-state index in [9.17, 15) is 13.6 Å². The maximum atomic E-state index is 12.3. The second kappa shape index (κ2) is 6.99. The number of carbonyl (C=O) groups excluding carboxylic acids is 1. The number of aromatic nitrogens is 1. The van der Waals surface area contributed by atoms with Gasteiger partial charge in [0, 0.05) is 18.3 Å². The number of hydrogen-bond acceptors (Lipinski definition) is 3. The molecule has 1 aromatic carbocycles. The van der Waals surface area contributed by atoms with E-state index in [-0.39, 0.29) is 23.4 Å². The van der Waals surface area contributed by atoms with Gasteiger partial charge in [-0.05, 0) is 18.2 Å². The molecule has 2 rings (SSSR count). The molecule has 1 N–H and O–H groups in total. The minimum Gasteiger partial charge on any atom is -0.434 e. The molecule has 0 aliphatic heterocycles. The van der Waals surface area contributed by atoms with Crippen LogP contribution in [-0.2, 0) is 6.54 Å². The van der Waals surface area contributed by atoms with E-state index in [0.29, 0.717) is 11.1 Å². The van der Waals surface area contributed by atoms with Crippen LogP contribution in [0, 0.1) is 0 Å². The highest BCUT2D eigenvalue weighted by atomic mass is 35.5. The highest BCUT2D eigenvalue weighted by Gasteiger charge is 2.11. The lowest BCUT2D eigenvalue weighted by molar-refractivity contribution is -0.0504. The molecule has 1 amide bonds. The highest BCUT2D eigenvalue weighted by molar-refractivity contribution is 6.29. The Hall–Kier alpha value is -2.21. The minimum absolute atomic E-state index is 0.0297. The summed E-state index contributed by atoms with van der Waals surface area (Å²) in [5.74, 6) is -0.354. The van der Waals surface area contributed by atoms with Crippen molar-refractivity contribution in [2.24, 2.45) is 0 Å². The summed E-state index contributed by atoms with van der Waals surface area (Å²) in [6.45, 7) is -2.85. The molecule has 0 atom stereocenters. The zero-order valence-electron chi connectivity index (χ0n) is 10.7. The molecular formula is C14H11ClF2N2O2. The number of halogens is 3. The first-order valence-corrected chi connectivity index (χ1v) is 6.36. The maximum Gasteiger partial charge on any atom is 0.387 e. The number of carbonyl (C=O) groups is 1. The van der Waals surface area contributed by atoms with Crippen LogP contribution in [0.2, 0.25) is 5.15 Å². The molecule has 4 nitrogen and oxygen atoms in total. The molecule has 0 unspecified atom stereocenters. The van der Waals surface area contributed by atoms with E-state index in [1.165, 1.54) is 24.4 Å². The molecule has 7 heteroatoms. The second-order valence-electron chi connectivity index (χ2n) is 4.04. The molecular weight excluding hydrogens is 302 g/mol. The molecule has 0 radical (unpaired) electrons. The summed E-state index contributed by atoms with van der Waals surface area (Å²) in [5.41, 5.74) is 0.778. The smallest absolute Gasteiger partial charge is 0.387 e. The van der Waals surface area contributed by atoms with Crippen molar-refractivity contribution in [1.82, 2.24) is 10.3 Å². The Morgan fingerprint density at radius 2 is 2.05 bits per heavy atom. The van der Waals surface area contributed by atoms with Crippen LogP contribution in [0.25, 0.3) is 0 Å². The molecule has 0 aliphatic carbocycles. The zero-order chi connectivity index (χ0) is 15.2. The van der Waals surface area contributed by atoms with Crippen LogP contribution < -0.4 is 10.1 Å². The monoisotopic (exact) mass is 312 g/mol. The summed E-state index contributed by atoms with van der Waals surface area (Å²) in [5, 5.41) is 2.88. The number of ether oxygens (including phenoxy) is 1. The predicted octanol–water partition coefficient (Wildman–Crippen LogP) is 3.27. The van der Waals surface area contributed by atoms with E-state index >= 15 is 0 Å². The average Bonchev–Trinajstić information content (AvgIpc) is 2.46. The van der Waals surface area contributed by atoms with Gasteiger partial charge in [0.1, 0.15) is 10.9 Å². The second-order valence-corrected chi connectivity index (χ2v) is 4.43. The van der Waals surface area contributed by atoms with E-state index in [0.717, 1.165) is 0 Å². The minimum atomic E-state index is -2.91. The Kier molecular flexibility index (Phi) is 5.05. The van der Waals surface area contributed by atoms with Crippen molar-refractivity contribution in [3.05, 3.63) is 58.9 Å². The van der Waals surface area contributed by atoms with E-state index in [1.54, 1.807) is 18.2 Å². The lowest BCUT2D eigenvalue weighted by Gasteiger charge is -2.11. The molecule has 1 aromatic heterocycles. The third-order valence-electron chi connectivity index (χ3n) is 2.62. The van der Waals surface area contributed by atoms with E-state index in [4.69, 9.17) is 11.6 Å². The Bertz CT molecular complexity index is 621. The summed E-state index contributed by atoms with van der Waals surface area (Å²) < 4.78 is 28.9. The van der Waals surface area contributed by atoms with Crippen LogP contribution in [0.1, 0.15) is 15.9 Å². The van der Waals surface area contributed by atoms with E-state index in [2.05, 4.69) is 15.0 Å². The number of nitrogens with one attached hydrogen (secondary N) is 1. The molecule has 110 valence electrons. The third-order valence-corrected chi connectivity index (χ3v) is 2.84. The first-order chi connectivity index (χ1) is 10.1. The van der Waals surface area contributed by atoms with Crippen molar-refractivity contribution in [2.45, 2.75) is 13.2 Å². The average molecular weight is 313 g/mol. The van der Waals surface area contributed by atoms with Gasteiger partial charge < -0.3 is 10.1 Å². The highest BCUT2D eigenvalue weighted by Crippen LogP contribution is 2.20. The largest absolute Gasteiger partial charge is 0.434 e. The van der Waals surface area contributed by atoms with Gasteiger partial charge in [-0.25, -0.2) is 4.98 Å². The first kappa shape index (κ1) is 15.2. The summed E-state index contributed by atoms with van der Waals surface area (Å²) >= 11 is 5.63. The van der Waals surface area contributed by atoms with Crippen molar-refractivity contribution in [3.8, 4) is 5.75 Å². The molecule has 0 spiro atoms. The lowest BCUT2D eigenvalue weighted by atomic mass is 10.2. The molecule has 0 aliphatic rings. The van der Waals surface area contributed by atoms with Crippen LogP contribution in [0.4, 0.5) is 8.78 Å². The van der Waals surface area contributed by atoms with Gasteiger partial charge in [0.05, 0.1) is 5.56 Å². The number of hydrogen-bond donors (Lipinski definition) is 1. The number of nitrogens with zero attached hydrogens (tertiary/aromatic N) is 1. The van der Waals surface area contributed by atoms with Crippen LogP contribution >= 0.6 is 11.6 Å². The number of amides is 1. The Morgan fingerprint density at radius 1 is 1.29 bits per heavy atom. The fourth-order valence-electron chi connectivity index (χ4n) is 1.65. The van der Waals surface area contributed by atoms with Gasteiger partial charge in [0.2, 0.25) is 0 Å². The first-order valence-electron chi connectivity index (χ1n) is 5.98. The van der Waals surface area contributed by atoms with Crippen LogP contribution in [0.3, 0.4) is 0 Å². The van der Waals surface area contributed by atoms with Gasteiger partial charge in [-0.2, -0.15) is 8.78 Å². The summed E-state index contributed by atoms with van der Waals surface area (Å²) in [6.07, 6.45) is 1.33. The van der Waals surface area contributed by atoms with Crippen molar-refractivity contribution < 1.29 is 18.3 Å². The molecule has 0 fully saturated rings. The fraction of sp³-hybridized carbons (Fsp3) is 0.143. The predicted molar refractivity (Wildman–Crippen MR) is 73.5 cm³/mol. The van der Waals surface area contributed by atoms with Crippen LogP contribution in [-0.4, -0.2) is 17.5 Å². The maximum absolute atomic E-state index is 12.3. The standard InChI is InChI=1S/C14H11ClF2N2O2/c15-12-6-5-10(8-18-12)13(20)19-7-9-3-1-2-4-11(9)21-14(16)17/h1-6,8,14H,7H2,(H,19,20). The molecule has 21 heavy (non-hydrogen) atoms. The van der Waals surface area contributed by atoms with Crippen molar-refractivity contribution in [2.75, 3.05) is 0 Å². The molecule has 0 saturated carbocycles. The van der Waals surface area contributed by atoms with Gasteiger partial charge in [-0.3, -0.25) is 4.79 Å². The van der Waals surface area contributed by atoms with E-state index < -0.39 is 6.61 Å². The van der Waals surface area contributed by atoms with E-state index in [1.807, 2.05) is 0 Å². The Balaban J connectivity index is 2.02. The van der Waals surface area contributed by atoms with Gasteiger partial charge >= 0.3 is 6.61 Å². The lowest BCUT2D eigenvalue weighted by Crippen LogP contribution is -2.23. The fourth-order valence-corrected chi connectivity index (χ4v) is 1.76. The topological polar surface area (TPSA) is 51.2 Å². The molecule has 0 saturated heterocycles. The number of rotatable bonds is 5. The number of alkyl halides is 2. The summed E-state index contributed by atoms with van der Waals surface area (Å²) in [7, 11) is 0. The number of para-hydroxylation sites is 1. The van der Waals surface area contributed by atoms with Crippen molar-refractivity contribution in [3.63, 3.8) is 0 Å². The van der Waals surface area contributed by atoms with Crippen molar-refractivity contribution >= 4 is 17.5 Å². The van der Waals surface area contributed by atoms with Gasteiger partial charge in [0.25, 0.3) is 5.91 Å². The van der Waals surface area contributed by atoms with Crippen LogP contribution in [0.5, 0.6) is 5.75 Å². The quantitative estimate of drug-likeness (QED) is 0.862. The van der Waals surface area contributed by atoms with Crippen LogP contribution in [0.15, 0.2) is 42.6 Å². The summed E-state index contributed by atoms with van der Waals surface area (Å²) in [4.78, 5) is 15.7. The SMILES string of the molecule is O=C(NCc1ccccc1OC(F)F)c1ccc(Cl)nc1. The number of pyridine rings is 1. The van der Waals surface area contributed by atoms with Crippen molar-refractivity contribution in [1.29, 1.82) is 0 Å². The Morgan fingerprint density at radius 3 is 2.71 bits per heavy atom. The van der Waals surface area contributed by atoms with Gasteiger partial charge in [-0.15, -0.1) is 0 Å². The Labute approximate surface area is 124 Å². The summed E-state index contributed by atoms with van der Waals surface area (Å²) in [6, 6.07) is 9.27. The normalized spacial score (nSPS) is 10.5. The molecule has 0 bridgehead atoms. The molecule has 2 aromatic rings. The zero-order valence-corrected chi connectivity index (χ0v) is 11.5. The third kappa shape index (κ3) is 4.39. The number of benzene rings is 1. The van der Waals surface area contributed by atoms with Gasteiger partial charge in [-0.1, -0.05) is 29.8 Å². The van der Waals surface area contributed by atoms with Gasteiger partial charge in [0.15, 0.2) is 0 Å².